The van der Waals surface area contributed by atoms with Crippen LogP contribution in [0, 0.1) is 5.92 Å². The minimum atomic E-state index is -1.16. The van der Waals surface area contributed by atoms with Crippen molar-refractivity contribution >= 4 is 17.8 Å². The topological polar surface area (TPSA) is 87.2 Å². The number of carbonyl (C=O) groups excluding carboxylic acids is 2. The number of carboxylic acid groups (broad SMARTS) is 1. The van der Waals surface area contributed by atoms with E-state index in [1.54, 1.807) is 18.9 Å². The molecule has 26 heavy (non-hydrogen) atoms. The molecule has 2 unspecified atom stereocenters. The molecule has 2 fully saturated rings. The van der Waals surface area contributed by atoms with Crippen LogP contribution in [0.15, 0.2) is 24.3 Å². The van der Waals surface area contributed by atoms with Gasteiger partial charge in [-0.25, -0.2) is 4.79 Å². The number of hydrogen-bond donors (Lipinski definition) is 1. The van der Waals surface area contributed by atoms with Gasteiger partial charge in [-0.1, -0.05) is 12.1 Å². The van der Waals surface area contributed by atoms with E-state index in [9.17, 15) is 19.5 Å². The number of amides is 2. The second-order valence-corrected chi connectivity index (χ2v) is 7.20. The average molecular weight is 360 g/mol. The first-order valence-corrected chi connectivity index (χ1v) is 8.81. The average Bonchev–Trinajstić information content (AvgIpc) is 3.19. The van der Waals surface area contributed by atoms with E-state index < -0.39 is 17.4 Å². The van der Waals surface area contributed by atoms with Crippen LogP contribution in [-0.2, 0) is 20.9 Å². The first-order valence-electron chi connectivity index (χ1n) is 8.81. The Bertz CT molecular complexity index is 717. The first kappa shape index (κ1) is 18.2. The zero-order valence-electron chi connectivity index (χ0n) is 15.1. The van der Waals surface area contributed by atoms with Crippen molar-refractivity contribution in [3.05, 3.63) is 29.8 Å². The molecule has 7 nitrogen and oxygen atoms in total. The fourth-order valence-corrected chi connectivity index (χ4v) is 3.80. The second kappa shape index (κ2) is 6.97. The fourth-order valence-electron chi connectivity index (χ4n) is 3.80. The number of hydrogen-bond acceptors (Lipinski definition) is 4. The van der Waals surface area contributed by atoms with Crippen LogP contribution in [0.2, 0.25) is 0 Å². The first-order chi connectivity index (χ1) is 12.3. The second-order valence-electron chi connectivity index (χ2n) is 7.20. The number of rotatable bonds is 5. The lowest BCUT2D eigenvalue weighted by Gasteiger charge is -2.33. The van der Waals surface area contributed by atoms with Crippen molar-refractivity contribution in [2.75, 3.05) is 20.2 Å². The maximum atomic E-state index is 12.9. The van der Waals surface area contributed by atoms with Gasteiger partial charge in [-0.15, -0.1) is 0 Å². The zero-order chi connectivity index (χ0) is 18.9. The van der Waals surface area contributed by atoms with Gasteiger partial charge in [0.05, 0.1) is 13.0 Å². The third-order valence-corrected chi connectivity index (χ3v) is 5.46. The Hall–Kier alpha value is -2.57. The van der Waals surface area contributed by atoms with Gasteiger partial charge in [0.25, 0.3) is 0 Å². The minimum Gasteiger partial charge on any atom is -0.497 e. The summed E-state index contributed by atoms with van der Waals surface area (Å²) in [6, 6.07) is 7.45. The number of carboxylic acids is 1. The smallest absolute Gasteiger partial charge is 0.329 e. The summed E-state index contributed by atoms with van der Waals surface area (Å²) in [7, 11) is 1.60. The number of likely N-dealkylation sites (tertiary alicyclic amines) is 2. The number of nitrogens with zero attached hydrogens (tertiary/aromatic N) is 2. The number of ether oxygens (including phenoxy) is 1. The van der Waals surface area contributed by atoms with Gasteiger partial charge >= 0.3 is 5.97 Å². The van der Waals surface area contributed by atoms with Crippen molar-refractivity contribution in [3.63, 3.8) is 0 Å². The maximum absolute atomic E-state index is 12.9. The quantitative estimate of drug-likeness (QED) is 0.860. The molecule has 0 bridgehead atoms. The van der Waals surface area contributed by atoms with Crippen LogP contribution < -0.4 is 4.74 Å². The van der Waals surface area contributed by atoms with E-state index in [1.165, 1.54) is 4.90 Å². The third kappa shape index (κ3) is 3.25. The molecule has 0 radical (unpaired) electrons. The van der Waals surface area contributed by atoms with Crippen LogP contribution in [0.3, 0.4) is 0 Å². The summed E-state index contributed by atoms with van der Waals surface area (Å²) in [5.41, 5.74) is -0.201. The molecule has 1 aromatic carbocycles. The summed E-state index contributed by atoms with van der Waals surface area (Å²) in [5, 5.41) is 9.49. The van der Waals surface area contributed by atoms with E-state index in [0.717, 1.165) is 11.3 Å². The molecule has 0 aliphatic carbocycles. The Balaban J connectivity index is 1.67. The SMILES string of the molecule is COc1ccc(CN2CC(C(=O)N3CCCC3(C)C(=O)O)CC2=O)cc1. The Morgan fingerprint density at radius 2 is 2.00 bits per heavy atom. The molecule has 1 N–H and O–H groups in total. The molecule has 0 saturated carbocycles. The van der Waals surface area contributed by atoms with E-state index in [1.807, 2.05) is 24.3 Å². The molecule has 7 heteroatoms. The molecule has 2 heterocycles. The predicted molar refractivity (Wildman–Crippen MR) is 93.5 cm³/mol. The highest BCUT2D eigenvalue weighted by molar-refractivity contribution is 5.93. The number of methoxy groups -OCH3 is 1. The molecule has 0 aromatic heterocycles. The number of carbonyl (C=O) groups is 3. The molecule has 2 saturated heterocycles. The summed E-state index contributed by atoms with van der Waals surface area (Å²) in [6.07, 6.45) is 1.26. The molecule has 140 valence electrons. The summed E-state index contributed by atoms with van der Waals surface area (Å²) in [5.74, 6) is -1.01. The van der Waals surface area contributed by atoms with E-state index in [2.05, 4.69) is 0 Å². The molecule has 1 aromatic rings. The Kier molecular flexibility index (Phi) is 4.89. The Labute approximate surface area is 152 Å². The van der Waals surface area contributed by atoms with Crippen LogP contribution in [0.25, 0.3) is 0 Å². The minimum absolute atomic E-state index is 0.0737. The maximum Gasteiger partial charge on any atom is 0.329 e. The van der Waals surface area contributed by atoms with Crippen LogP contribution in [0.1, 0.15) is 31.7 Å². The van der Waals surface area contributed by atoms with E-state index in [0.29, 0.717) is 32.5 Å². The number of aliphatic carboxylic acids is 1. The van der Waals surface area contributed by atoms with Gasteiger partial charge in [0.15, 0.2) is 0 Å². The molecular weight excluding hydrogens is 336 g/mol. The highest BCUT2D eigenvalue weighted by Gasteiger charge is 2.49. The molecule has 2 aliphatic heterocycles. The predicted octanol–water partition coefficient (Wildman–Crippen LogP) is 1.51. The van der Waals surface area contributed by atoms with Gasteiger partial charge in [-0.05, 0) is 37.5 Å². The van der Waals surface area contributed by atoms with Crippen LogP contribution in [-0.4, -0.2) is 58.4 Å². The molecule has 2 atom stereocenters. The lowest BCUT2D eigenvalue weighted by atomic mass is 9.97. The fraction of sp³-hybridized carbons (Fsp3) is 0.526. The van der Waals surface area contributed by atoms with Crippen molar-refractivity contribution in [3.8, 4) is 5.75 Å². The van der Waals surface area contributed by atoms with Gasteiger partial charge in [0, 0.05) is 26.1 Å². The van der Waals surface area contributed by atoms with Crippen molar-refractivity contribution in [1.82, 2.24) is 9.80 Å². The van der Waals surface area contributed by atoms with Gasteiger partial charge in [-0.2, -0.15) is 0 Å². The van der Waals surface area contributed by atoms with E-state index >= 15 is 0 Å². The molecule has 3 rings (SSSR count). The number of benzene rings is 1. The van der Waals surface area contributed by atoms with Crippen molar-refractivity contribution in [2.24, 2.45) is 5.92 Å². The molecule has 2 amide bonds. The van der Waals surface area contributed by atoms with Crippen LogP contribution in [0.4, 0.5) is 0 Å². The Morgan fingerprint density at radius 1 is 1.31 bits per heavy atom. The molecular formula is C19H24N2O5. The summed E-state index contributed by atoms with van der Waals surface area (Å²) in [6.45, 7) is 2.79. The lowest BCUT2D eigenvalue weighted by molar-refractivity contribution is -0.156. The largest absolute Gasteiger partial charge is 0.497 e. The van der Waals surface area contributed by atoms with Gasteiger partial charge < -0.3 is 19.6 Å². The highest BCUT2D eigenvalue weighted by atomic mass is 16.5. The lowest BCUT2D eigenvalue weighted by Crippen LogP contribution is -2.52. The van der Waals surface area contributed by atoms with Crippen molar-refractivity contribution in [1.29, 1.82) is 0 Å². The van der Waals surface area contributed by atoms with Crippen LogP contribution in [0.5, 0.6) is 5.75 Å². The summed E-state index contributed by atoms with van der Waals surface area (Å²) in [4.78, 5) is 39.9. The monoisotopic (exact) mass is 360 g/mol. The normalized spacial score (nSPS) is 25.6. The molecule has 2 aliphatic rings. The van der Waals surface area contributed by atoms with Gasteiger partial charge in [0.1, 0.15) is 11.3 Å². The zero-order valence-corrected chi connectivity index (χ0v) is 15.1. The standard InChI is InChI=1S/C19H24N2O5/c1-19(18(24)25)8-3-9-21(19)17(23)14-10-16(22)20(12-14)11-13-4-6-15(26-2)7-5-13/h4-7,14H,3,8-12H2,1-2H3,(H,24,25). The summed E-state index contributed by atoms with van der Waals surface area (Å²) >= 11 is 0. The molecule has 0 spiro atoms. The van der Waals surface area contributed by atoms with Crippen molar-refractivity contribution < 1.29 is 24.2 Å². The summed E-state index contributed by atoms with van der Waals surface area (Å²) < 4.78 is 5.13. The van der Waals surface area contributed by atoms with Gasteiger partial charge in [-0.3, -0.25) is 9.59 Å². The van der Waals surface area contributed by atoms with E-state index in [4.69, 9.17) is 4.74 Å². The third-order valence-electron chi connectivity index (χ3n) is 5.46. The highest BCUT2D eigenvalue weighted by Crippen LogP contribution is 2.33. The van der Waals surface area contributed by atoms with E-state index in [-0.39, 0.29) is 18.2 Å². The van der Waals surface area contributed by atoms with Crippen LogP contribution >= 0.6 is 0 Å². The van der Waals surface area contributed by atoms with Crippen molar-refractivity contribution in [2.45, 2.75) is 38.3 Å². The van der Waals surface area contributed by atoms with Gasteiger partial charge in [0.2, 0.25) is 11.8 Å². The Morgan fingerprint density at radius 3 is 2.62 bits per heavy atom.